The van der Waals surface area contributed by atoms with Gasteiger partial charge < -0.3 is 0 Å². The number of sulfonamides is 1. The van der Waals surface area contributed by atoms with Gasteiger partial charge in [0.2, 0.25) is 10.0 Å². The highest BCUT2D eigenvalue weighted by Gasteiger charge is 2.46. The van der Waals surface area contributed by atoms with Crippen LogP contribution in [0.1, 0.15) is 31.2 Å². The quantitative estimate of drug-likeness (QED) is 0.758. The summed E-state index contributed by atoms with van der Waals surface area (Å²) in [5.74, 6) is -0.503. The molecule has 1 aromatic carbocycles. The van der Waals surface area contributed by atoms with Gasteiger partial charge in [0, 0.05) is 16.9 Å². The second kappa shape index (κ2) is 5.07. The van der Waals surface area contributed by atoms with E-state index in [4.69, 9.17) is 0 Å². The van der Waals surface area contributed by atoms with E-state index >= 15 is 0 Å². The minimum Gasteiger partial charge on any atom is -0.207 e. The molecule has 2 fully saturated rings. The number of alkyl halides is 1. The lowest BCUT2D eigenvalue weighted by molar-refractivity contribution is 0.255. The van der Waals surface area contributed by atoms with Crippen molar-refractivity contribution < 1.29 is 12.8 Å². The van der Waals surface area contributed by atoms with Crippen molar-refractivity contribution in [2.45, 2.75) is 54.4 Å². The summed E-state index contributed by atoms with van der Waals surface area (Å²) < 4.78 is 40.8. The summed E-state index contributed by atoms with van der Waals surface area (Å²) in [7, 11) is -3.60. The fourth-order valence-electron chi connectivity index (χ4n) is 3.43. The zero-order valence-electron chi connectivity index (χ0n) is 11.2. The van der Waals surface area contributed by atoms with Gasteiger partial charge in [0.15, 0.2) is 0 Å². The maximum atomic E-state index is 13.4. The van der Waals surface area contributed by atoms with Gasteiger partial charge in [0.1, 0.15) is 5.82 Å². The number of nitrogens with zero attached hydrogens (tertiary/aromatic N) is 1. The van der Waals surface area contributed by atoms with E-state index in [0.717, 1.165) is 31.7 Å². The van der Waals surface area contributed by atoms with Crippen molar-refractivity contribution in [3.63, 3.8) is 0 Å². The Balaban J connectivity index is 2.03. The molecule has 6 heteroatoms. The number of hydrogen-bond acceptors (Lipinski definition) is 2. The maximum Gasteiger partial charge on any atom is 0.243 e. The Morgan fingerprint density at radius 2 is 1.85 bits per heavy atom. The van der Waals surface area contributed by atoms with Crippen LogP contribution in [0, 0.1) is 12.7 Å². The van der Waals surface area contributed by atoms with Crippen molar-refractivity contribution in [1.29, 1.82) is 0 Å². The Labute approximate surface area is 127 Å². The van der Waals surface area contributed by atoms with Crippen molar-refractivity contribution >= 4 is 26.0 Å². The minimum absolute atomic E-state index is 0.0470. The van der Waals surface area contributed by atoms with Crippen LogP contribution in [0.25, 0.3) is 0 Å². The molecule has 0 aliphatic carbocycles. The van der Waals surface area contributed by atoms with Gasteiger partial charge in [-0.15, -0.1) is 0 Å². The van der Waals surface area contributed by atoms with Gasteiger partial charge in [-0.25, -0.2) is 12.8 Å². The lowest BCUT2D eigenvalue weighted by Crippen LogP contribution is -2.46. The molecule has 2 atom stereocenters. The van der Waals surface area contributed by atoms with E-state index in [-0.39, 0.29) is 17.0 Å². The Morgan fingerprint density at radius 3 is 2.45 bits per heavy atom. The van der Waals surface area contributed by atoms with Crippen LogP contribution < -0.4 is 0 Å². The first-order valence-corrected chi connectivity index (χ1v) is 9.19. The van der Waals surface area contributed by atoms with E-state index in [1.165, 1.54) is 12.1 Å². The normalized spacial score (nSPS) is 30.6. The third-order valence-corrected chi connectivity index (χ3v) is 7.21. The second-order valence-electron chi connectivity index (χ2n) is 5.70. The summed E-state index contributed by atoms with van der Waals surface area (Å²) in [6, 6.07) is 4.07. The van der Waals surface area contributed by atoms with Gasteiger partial charge in [0.25, 0.3) is 0 Å². The first-order chi connectivity index (χ1) is 9.39. The predicted molar refractivity (Wildman–Crippen MR) is 78.9 cm³/mol. The van der Waals surface area contributed by atoms with Crippen molar-refractivity contribution in [2.75, 3.05) is 0 Å². The number of aryl methyl sites for hydroxylation is 1. The number of halogens is 2. The van der Waals surface area contributed by atoms with Crippen LogP contribution in [0.15, 0.2) is 23.1 Å². The second-order valence-corrected chi connectivity index (χ2v) is 8.81. The molecule has 2 saturated heterocycles. The number of rotatable bonds is 2. The smallest absolute Gasteiger partial charge is 0.207 e. The summed E-state index contributed by atoms with van der Waals surface area (Å²) in [5, 5.41) is 0. The molecule has 110 valence electrons. The van der Waals surface area contributed by atoms with Crippen LogP contribution >= 0.6 is 15.9 Å². The number of hydrogen-bond donors (Lipinski definition) is 0. The topological polar surface area (TPSA) is 37.4 Å². The van der Waals surface area contributed by atoms with Crippen LogP contribution in [-0.2, 0) is 10.0 Å². The Hall–Kier alpha value is -0.460. The van der Waals surface area contributed by atoms with Gasteiger partial charge in [-0.2, -0.15) is 4.31 Å². The summed E-state index contributed by atoms with van der Waals surface area (Å²) >= 11 is 3.60. The van der Waals surface area contributed by atoms with E-state index in [2.05, 4.69) is 15.9 Å². The van der Waals surface area contributed by atoms with Gasteiger partial charge in [0.05, 0.1) is 4.90 Å². The Morgan fingerprint density at radius 1 is 1.25 bits per heavy atom. The zero-order chi connectivity index (χ0) is 14.5. The molecule has 0 radical (unpaired) electrons. The molecule has 3 rings (SSSR count). The lowest BCUT2D eigenvalue weighted by atomic mass is 10.1. The van der Waals surface area contributed by atoms with Crippen molar-refractivity contribution in [1.82, 2.24) is 4.31 Å². The predicted octanol–water partition coefficient (Wildman–Crippen LogP) is 3.21. The van der Waals surface area contributed by atoms with Crippen molar-refractivity contribution in [2.24, 2.45) is 0 Å². The summed E-state index contributed by atoms with van der Waals surface area (Å²) in [5.41, 5.74) is 0.603. The first-order valence-electron chi connectivity index (χ1n) is 6.83. The van der Waals surface area contributed by atoms with E-state index < -0.39 is 15.8 Å². The molecule has 2 heterocycles. The molecule has 0 saturated carbocycles. The molecule has 2 aliphatic rings. The molecule has 20 heavy (non-hydrogen) atoms. The molecule has 0 aromatic heterocycles. The van der Waals surface area contributed by atoms with Gasteiger partial charge in [-0.1, -0.05) is 22.0 Å². The molecular weight excluding hydrogens is 345 g/mol. The van der Waals surface area contributed by atoms with Crippen LogP contribution in [0.5, 0.6) is 0 Å². The average molecular weight is 362 g/mol. The van der Waals surface area contributed by atoms with Crippen LogP contribution in [0.3, 0.4) is 0 Å². The van der Waals surface area contributed by atoms with Crippen LogP contribution in [0.2, 0.25) is 0 Å². The van der Waals surface area contributed by atoms with E-state index in [9.17, 15) is 12.8 Å². The molecule has 2 aliphatic heterocycles. The maximum absolute atomic E-state index is 13.4. The van der Waals surface area contributed by atoms with Gasteiger partial charge in [-0.3, -0.25) is 0 Å². The number of piperidine rings is 1. The highest BCUT2D eigenvalue weighted by atomic mass is 79.9. The third kappa shape index (κ3) is 2.31. The SMILES string of the molecule is Cc1ccc(F)cc1S(=O)(=O)N1C2CCC1CC(Br)C2. The standard InChI is InChI=1S/C14H17BrFNO2S/c1-9-2-3-11(16)8-14(9)20(18,19)17-12-4-5-13(17)7-10(15)6-12/h2-3,8,10,12-13H,4-7H2,1H3. The van der Waals surface area contributed by atoms with E-state index in [1.807, 2.05) is 0 Å². The molecule has 0 N–H and O–H groups in total. The molecular formula is C14H17BrFNO2S. The largest absolute Gasteiger partial charge is 0.243 e. The number of fused-ring (bicyclic) bond motifs is 2. The van der Waals surface area contributed by atoms with E-state index in [1.54, 1.807) is 11.2 Å². The first kappa shape index (κ1) is 14.5. The fraction of sp³-hybridized carbons (Fsp3) is 0.571. The highest BCUT2D eigenvalue weighted by molar-refractivity contribution is 9.09. The van der Waals surface area contributed by atoms with Crippen LogP contribution in [-0.4, -0.2) is 29.6 Å². The van der Waals surface area contributed by atoms with E-state index in [0.29, 0.717) is 10.4 Å². The minimum atomic E-state index is -3.60. The van der Waals surface area contributed by atoms with Crippen molar-refractivity contribution in [3.8, 4) is 0 Å². The van der Waals surface area contributed by atoms with Gasteiger partial charge in [-0.05, 0) is 50.3 Å². The fourth-order valence-corrected chi connectivity index (χ4v) is 6.42. The van der Waals surface area contributed by atoms with Crippen molar-refractivity contribution in [3.05, 3.63) is 29.6 Å². The van der Waals surface area contributed by atoms with Crippen LogP contribution in [0.4, 0.5) is 4.39 Å². The molecule has 0 amide bonds. The molecule has 0 spiro atoms. The molecule has 2 unspecified atom stereocenters. The molecule has 3 nitrogen and oxygen atoms in total. The zero-order valence-corrected chi connectivity index (χ0v) is 13.6. The van der Waals surface area contributed by atoms with Gasteiger partial charge >= 0.3 is 0 Å². The summed E-state index contributed by atoms with van der Waals surface area (Å²) in [6.07, 6.45) is 3.48. The Kier molecular flexibility index (Phi) is 3.67. The Bertz CT molecular complexity index is 620. The monoisotopic (exact) mass is 361 g/mol. The third-order valence-electron chi connectivity index (χ3n) is 4.31. The highest BCUT2D eigenvalue weighted by Crippen LogP contribution is 2.42. The lowest BCUT2D eigenvalue weighted by Gasteiger charge is -2.36. The summed E-state index contributed by atoms with van der Waals surface area (Å²) in [6.45, 7) is 1.71. The molecule has 1 aromatic rings. The number of benzene rings is 1. The average Bonchev–Trinajstić information content (AvgIpc) is 2.66. The molecule has 2 bridgehead atoms. The summed E-state index contributed by atoms with van der Waals surface area (Å²) in [4.78, 5) is 0.502.